The highest BCUT2D eigenvalue weighted by molar-refractivity contribution is 5.92. The summed E-state index contributed by atoms with van der Waals surface area (Å²) in [5.74, 6) is 0.763. The molecule has 1 aromatic carbocycles. The fraction of sp³-hybridized carbons (Fsp3) is 0.476. The quantitative estimate of drug-likeness (QED) is 0.835. The molecule has 2 aliphatic heterocycles. The highest BCUT2D eigenvalue weighted by atomic mass is 16.5. The number of H-pyrrole nitrogens is 1. The number of benzene rings is 1. The molecule has 8 nitrogen and oxygen atoms in total. The van der Waals surface area contributed by atoms with E-state index in [1.165, 1.54) is 11.9 Å². The number of anilines is 1. The molecule has 1 N–H and O–H groups in total. The molecule has 8 heteroatoms. The Morgan fingerprint density at radius 1 is 1.14 bits per heavy atom. The summed E-state index contributed by atoms with van der Waals surface area (Å²) in [6, 6.07) is 8.57. The van der Waals surface area contributed by atoms with E-state index in [1.807, 2.05) is 17.0 Å². The summed E-state index contributed by atoms with van der Waals surface area (Å²) in [4.78, 5) is 37.2. The number of likely N-dealkylation sites (tertiary alicyclic amines) is 1. The second-order valence-corrected chi connectivity index (χ2v) is 7.56. The lowest BCUT2D eigenvalue weighted by molar-refractivity contribution is 0.0558. The van der Waals surface area contributed by atoms with E-state index >= 15 is 0 Å². The van der Waals surface area contributed by atoms with Crippen LogP contribution in [-0.4, -0.2) is 78.1 Å². The smallest absolute Gasteiger partial charge is 0.274 e. The second-order valence-electron chi connectivity index (χ2n) is 7.56. The number of carbonyl (C=O) groups excluding carboxylic acids is 1. The predicted molar refractivity (Wildman–Crippen MR) is 111 cm³/mol. The minimum absolute atomic E-state index is 0.109. The van der Waals surface area contributed by atoms with Gasteiger partial charge in [-0.3, -0.25) is 14.5 Å². The molecule has 0 bridgehead atoms. The van der Waals surface area contributed by atoms with Gasteiger partial charge in [-0.05, 0) is 37.1 Å². The lowest BCUT2D eigenvalue weighted by atomic mass is 10.0. The lowest BCUT2D eigenvalue weighted by Crippen LogP contribution is -2.56. The number of piperidine rings is 1. The van der Waals surface area contributed by atoms with E-state index in [2.05, 4.69) is 31.9 Å². The van der Waals surface area contributed by atoms with Gasteiger partial charge in [0.1, 0.15) is 11.4 Å². The number of hydrogen-bond acceptors (Lipinski definition) is 6. The minimum atomic E-state index is -0.298. The molecule has 29 heavy (non-hydrogen) atoms. The number of aromatic nitrogens is 2. The second kappa shape index (κ2) is 8.65. The number of nitrogens with zero attached hydrogens (tertiary/aromatic N) is 4. The van der Waals surface area contributed by atoms with Crippen molar-refractivity contribution in [3.63, 3.8) is 0 Å². The van der Waals surface area contributed by atoms with Crippen LogP contribution in [0, 0.1) is 0 Å². The van der Waals surface area contributed by atoms with Crippen LogP contribution in [0.25, 0.3) is 0 Å². The number of carbonyl (C=O) groups is 1. The van der Waals surface area contributed by atoms with Gasteiger partial charge in [-0.2, -0.15) is 0 Å². The third-order valence-electron chi connectivity index (χ3n) is 5.84. The first kappa shape index (κ1) is 19.4. The molecule has 0 radical (unpaired) electrons. The maximum atomic E-state index is 12.7. The van der Waals surface area contributed by atoms with Gasteiger partial charge in [0.05, 0.1) is 13.3 Å². The molecular weight excluding hydrogens is 370 g/mol. The highest BCUT2D eigenvalue weighted by Gasteiger charge is 2.30. The molecule has 154 valence electrons. The van der Waals surface area contributed by atoms with Crippen LogP contribution >= 0.6 is 0 Å². The SMILES string of the molecule is COc1ccc(N2CCN([C@H]3CCCN(C(=O)c4c[nH]c(=O)cn4)C3)CC2)cc1. The van der Waals surface area contributed by atoms with Crippen LogP contribution in [0.5, 0.6) is 5.75 Å². The van der Waals surface area contributed by atoms with Gasteiger partial charge in [0.25, 0.3) is 11.5 Å². The number of rotatable bonds is 4. The number of amides is 1. The molecule has 2 aliphatic rings. The van der Waals surface area contributed by atoms with Gasteiger partial charge in [0.15, 0.2) is 0 Å². The fourth-order valence-corrected chi connectivity index (χ4v) is 4.20. The van der Waals surface area contributed by atoms with Gasteiger partial charge in [-0.25, -0.2) is 4.98 Å². The molecule has 4 rings (SSSR count). The zero-order valence-electron chi connectivity index (χ0n) is 16.7. The number of aromatic amines is 1. The Balaban J connectivity index is 1.34. The van der Waals surface area contributed by atoms with Crippen molar-refractivity contribution in [2.75, 3.05) is 51.3 Å². The van der Waals surface area contributed by atoms with Gasteiger partial charge in [-0.15, -0.1) is 0 Å². The fourth-order valence-electron chi connectivity index (χ4n) is 4.20. The Labute approximate surface area is 170 Å². The Hall–Kier alpha value is -2.87. The van der Waals surface area contributed by atoms with E-state index < -0.39 is 0 Å². The van der Waals surface area contributed by atoms with Gasteiger partial charge in [0.2, 0.25) is 0 Å². The van der Waals surface area contributed by atoms with Crippen molar-refractivity contribution in [2.45, 2.75) is 18.9 Å². The van der Waals surface area contributed by atoms with Gasteiger partial charge >= 0.3 is 0 Å². The number of nitrogens with one attached hydrogen (secondary N) is 1. The third-order valence-corrected chi connectivity index (χ3v) is 5.84. The molecule has 1 aromatic heterocycles. The van der Waals surface area contributed by atoms with Crippen molar-refractivity contribution >= 4 is 11.6 Å². The van der Waals surface area contributed by atoms with Crippen LogP contribution < -0.4 is 15.2 Å². The molecule has 3 heterocycles. The standard InChI is InChI=1S/C21H27N5O3/c1-29-18-6-4-16(5-7-18)24-9-11-25(12-10-24)17-3-2-8-26(15-17)21(28)19-13-23-20(27)14-22-19/h4-7,13-14,17H,2-3,8-12,15H2,1H3,(H,23,27)/t17-/m0/s1. The van der Waals surface area contributed by atoms with Crippen LogP contribution in [0.2, 0.25) is 0 Å². The van der Waals surface area contributed by atoms with Gasteiger partial charge < -0.3 is 19.5 Å². The third kappa shape index (κ3) is 4.42. The van der Waals surface area contributed by atoms with Crippen LogP contribution in [0.15, 0.2) is 41.5 Å². The minimum Gasteiger partial charge on any atom is -0.497 e. The Morgan fingerprint density at radius 2 is 1.90 bits per heavy atom. The zero-order chi connectivity index (χ0) is 20.2. The highest BCUT2D eigenvalue weighted by Crippen LogP contribution is 2.23. The van der Waals surface area contributed by atoms with Crippen molar-refractivity contribution in [3.05, 3.63) is 52.7 Å². The normalized spacial score (nSPS) is 20.5. The van der Waals surface area contributed by atoms with Gasteiger partial charge in [-0.1, -0.05) is 0 Å². The van der Waals surface area contributed by atoms with Crippen molar-refractivity contribution in [3.8, 4) is 5.75 Å². The first-order valence-corrected chi connectivity index (χ1v) is 10.1. The average Bonchev–Trinajstić information content (AvgIpc) is 2.79. The molecule has 2 fully saturated rings. The molecule has 0 spiro atoms. The average molecular weight is 397 g/mol. The predicted octanol–water partition coefficient (Wildman–Crippen LogP) is 1.21. The number of methoxy groups -OCH3 is 1. The monoisotopic (exact) mass is 397 g/mol. The van der Waals surface area contributed by atoms with Crippen molar-refractivity contribution < 1.29 is 9.53 Å². The number of ether oxygens (including phenoxy) is 1. The van der Waals surface area contributed by atoms with E-state index in [4.69, 9.17) is 4.74 Å². The number of hydrogen-bond donors (Lipinski definition) is 1. The van der Waals surface area contributed by atoms with E-state index in [0.717, 1.165) is 57.5 Å². The van der Waals surface area contributed by atoms with Crippen LogP contribution in [-0.2, 0) is 0 Å². The van der Waals surface area contributed by atoms with Crippen LogP contribution in [0.3, 0.4) is 0 Å². The molecule has 2 saturated heterocycles. The molecule has 1 amide bonds. The number of piperazine rings is 1. The van der Waals surface area contributed by atoms with Crippen molar-refractivity contribution in [1.82, 2.24) is 19.8 Å². The Kier molecular flexibility index (Phi) is 5.80. The maximum absolute atomic E-state index is 12.7. The van der Waals surface area contributed by atoms with Gasteiger partial charge in [0, 0.05) is 57.2 Å². The van der Waals surface area contributed by atoms with E-state index in [9.17, 15) is 9.59 Å². The molecule has 0 unspecified atom stereocenters. The summed E-state index contributed by atoms with van der Waals surface area (Å²) in [6.45, 7) is 5.35. The first-order chi connectivity index (χ1) is 14.1. The van der Waals surface area contributed by atoms with E-state index in [0.29, 0.717) is 18.3 Å². The molecule has 0 saturated carbocycles. The molecular formula is C21H27N5O3. The largest absolute Gasteiger partial charge is 0.497 e. The molecule has 2 aromatic rings. The van der Waals surface area contributed by atoms with E-state index in [1.54, 1.807) is 7.11 Å². The summed E-state index contributed by atoms with van der Waals surface area (Å²) in [5, 5.41) is 0. The van der Waals surface area contributed by atoms with E-state index in [-0.39, 0.29) is 11.5 Å². The molecule has 1 atom stereocenters. The molecule has 0 aliphatic carbocycles. The summed E-state index contributed by atoms with van der Waals surface area (Å²) >= 11 is 0. The zero-order valence-corrected chi connectivity index (χ0v) is 16.7. The summed E-state index contributed by atoms with van der Waals surface area (Å²) in [6.07, 6.45) is 4.65. The van der Waals surface area contributed by atoms with Crippen molar-refractivity contribution in [1.29, 1.82) is 0 Å². The summed E-state index contributed by atoms with van der Waals surface area (Å²) in [7, 11) is 1.68. The Bertz CT molecular complexity index is 869. The summed E-state index contributed by atoms with van der Waals surface area (Å²) < 4.78 is 5.24. The topological polar surface area (TPSA) is 81.8 Å². The summed E-state index contributed by atoms with van der Waals surface area (Å²) in [5.41, 5.74) is 1.22. The lowest BCUT2D eigenvalue weighted by Gasteiger charge is -2.43. The van der Waals surface area contributed by atoms with Crippen LogP contribution in [0.1, 0.15) is 23.3 Å². The van der Waals surface area contributed by atoms with Crippen LogP contribution in [0.4, 0.5) is 5.69 Å². The maximum Gasteiger partial charge on any atom is 0.274 e. The first-order valence-electron chi connectivity index (χ1n) is 10.1. The van der Waals surface area contributed by atoms with Crippen molar-refractivity contribution in [2.24, 2.45) is 0 Å². The Morgan fingerprint density at radius 3 is 2.55 bits per heavy atom.